The summed E-state index contributed by atoms with van der Waals surface area (Å²) < 4.78 is 10.1. The van der Waals surface area contributed by atoms with Crippen LogP contribution in [0.2, 0.25) is 0 Å². The number of carbonyl (C=O) groups is 1. The van der Waals surface area contributed by atoms with Gasteiger partial charge in [-0.1, -0.05) is 6.07 Å². The molecule has 1 aromatic carbocycles. The number of pyridine rings is 1. The van der Waals surface area contributed by atoms with Gasteiger partial charge in [-0.25, -0.2) is 4.98 Å². The van der Waals surface area contributed by atoms with Gasteiger partial charge in [0.25, 0.3) is 5.91 Å². The first-order valence-corrected chi connectivity index (χ1v) is 7.23. The van der Waals surface area contributed by atoms with Crippen molar-refractivity contribution in [1.82, 2.24) is 10.3 Å². The van der Waals surface area contributed by atoms with E-state index in [0.717, 1.165) is 5.56 Å². The fourth-order valence-corrected chi connectivity index (χ4v) is 2.00. The van der Waals surface area contributed by atoms with E-state index in [4.69, 9.17) is 9.47 Å². The highest BCUT2D eigenvalue weighted by molar-refractivity contribution is 5.95. The highest BCUT2D eigenvalue weighted by Crippen LogP contribution is 2.27. The molecule has 0 atom stereocenters. The third-order valence-corrected chi connectivity index (χ3v) is 3.18. The van der Waals surface area contributed by atoms with Crippen molar-refractivity contribution in [3.8, 4) is 11.6 Å². The summed E-state index contributed by atoms with van der Waals surface area (Å²) in [5, 5.41) is 13.8. The Morgan fingerprint density at radius 2 is 2.12 bits per heavy atom. The van der Waals surface area contributed by atoms with Crippen molar-refractivity contribution >= 4 is 11.6 Å². The van der Waals surface area contributed by atoms with Crippen LogP contribution in [-0.2, 0) is 6.54 Å². The zero-order valence-corrected chi connectivity index (χ0v) is 13.3. The highest BCUT2D eigenvalue weighted by atomic mass is 16.6. The standard InChI is InChI=1S/C16H17N3O5/c1-3-24-14-6-5-12(8-13(14)19(21)22)16(20)18-10-11-4-7-15(23-2)17-9-11/h4-9H,3,10H2,1-2H3,(H,18,20). The van der Waals surface area contributed by atoms with Gasteiger partial charge in [0.1, 0.15) is 0 Å². The van der Waals surface area contributed by atoms with Crippen LogP contribution in [0, 0.1) is 10.1 Å². The van der Waals surface area contributed by atoms with Crippen LogP contribution in [0.1, 0.15) is 22.8 Å². The van der Waals surface area contributed by atoms with Crippen molar-refractivity contribution in [3.63, 3.8) is 0 Å². The smallest absolute Gasteiger partial charge is 0.311 e. The highest BCUT2D eigenvalue weighted by Gasteiger charge is 2.18. The Balaban J connectivity index is 2.08. The van der Waals surface area contributed by atoms with Crippen molar-refractivity contribution in [1.29, 1.82) is 0 Å². The van der Waals surface area contributed by atoms with Gasteiger partial charge in [0.15, 0.2) is 5.75 Å². The Hall–Kier alpha value is -3.16. The molecule has 8 nitrogen and oxygen atoms in total. The molecule has 1 N–H and O–H groups in total. The van der Waals surface area contributed by atoms with Crippen molar-refractivity contribution in [2.45, 2.75) is 13.5 Å². The predicted molar refractivity (Wildman–Crippen MR) is 86.2 cm³/mol. The lowest BCUT2D eigenvalue weighted by Gasteiger charge is -2.08. The summed E-state index contributed by atoms with van der Waals surface area (Å²) in [6.07, 6.45) is 1.58. The SMILES string of the molecule is CCOc1ccc(C(=O)NCc2ccc(OC)nc2)cc1[N+](=O)[O-]. The molecule has 1 amide bonds. The Morgan fingerprint density at radius 3 is 2.71 bits per heavy atom. The van der Waals surface area contributed by atoms with Gasteiger partial charge in [0.05, 0.1) is 18.6 Å². The van der Waals surface area contributed by atoms with E-state index >= 15 is 0 Å². The number of nitrogens with zero attached hydrogens (tertiary/aromatic N) is 2. The number of methoxy groups -OCH3 is 1. The van der Waals surface area contributed by atoms with Crippen molar-refractivity contribution < 1.29 is 19.2 Å². The molecule has 0 radical (unpaired) electrons. The summed E-state index contributed by atoms with van der Waals surface area (Å²) in [4.78, 5) is 26.7. The van der Waals surface area contributed by atoms with Gasteiger partial charge in [-0.2, -0.15) is 0 Å². The number of hydrogen-bond donors (Lipinski definition) is 1. The average molecular weight is 331 g/mol. The molecule has 1 aromatic heterocycles. The Labute approximate surface area is 138 Å². The van der Waals surface area contributed by atoms with Crippen LogP contribution in [0.3, 0.4) is 0 Å². The Kier molecular flexibility index (Phi) is 5.67. The first kappa shape index (κ1) is 17.2. The molecule has 0 aliphatic heterocycles. The summed E-state index contributed by atoms with van der Waals surface area (Å²) in [5.74, 6) is 0.197. The van der Waals surface area contributed by atoms with Crippen LogP contribution in [-0.4, -0.2) is 29.5 Å². The van der Waals surface area contributed by atoms with Crippen LogP contribution in [0.15, 0.2) is 36.5 Å². The molecule has 0 spiro atoms. The molecule has 2 rings (SSSR count). The van der Waals surface area contributed by atoms with Crippen LogP contribution in [0.5, 0.6) is 11.6 Å². The zero-order valence-electron chi connectivity index (χ0n) is 13.3. The second-order valence-corrected chi connectivity index (χ2v) is 4.76. The van der Waals surface area contributed by atoms with Crippen molar-refractivity contribution in [3.05, 3.63) is 57.8 Å². The predicted octanol–water partition coefficient (Wildman–Crippen LogP) is 2.33. The van der Waals surface area contributed by atoms with E-state index in [1.807, 2.05) is 0 Å². The second-order valence-electron chi connectivity index (χ2n) is 4.76. The summed E-state index contributed by atoms with van der Waals surface area (Å²) in [7, 11) is 1.52. The quantitative estimate of drug-likeness (QED) is 0.617. The number of amides is 1. The number of aromatic nitrogens is 1. The third-order valence-electron chi connectivity index (χ3n) is 3.18. The summed E-state index contributed by atoms with van der Waals surface area (Å²) in [5.41, 5.74) is 0.729. The van der Waals surface area contributed by atoms with Gasteiger partial charge in [0, 0.05) is 30.4 Å². The number of benzene rings is 1. The molecule has 0 fully saturated rings. The minimum atomic E-state index is -0.574. The zero-order chi connectivity index (χ0) is 17.5. The minimum Gasteiger partial charge on any atom is -0.487 e. The summed E-state index contributed by atoms with van der Waals surface area (Å²) in [6.45, 7) is 2.28. The molecule has 126 valence electrons. The average Bonchev–Trinajstić information content (AvgIpc) is 2.60. The summed E-state index contributed by atoms with van der Waals surface area (Å²) in [6, 6.07) is 7.56. The molecule has 2 aromatic rings. The Bertz CT molecular complexity index is 731. The first-order valence-electron chi connectivity index (χ1n) is 7.23. The van der Waals surface area contributed by atoms with E-state index in [1.54, 1.807) is 25.3 Å². The maximum absolute atomic E-state index is 12.2. The molecule has 0 saturated heterocycles. The van der Waals surface area contributed by atoms with E-state index < -0.39 is 10.8 Å². The molecule has 0 aliphatic carbocycles. The molecule has 0 aliphatic rings. The topological polar surface area (TPSA) is 104 Å². The van der Waals surface area contributed by atoms with Gasteiger partial charge in [-0.05, 0) is 24.6 Å². The Morgan fingerprint density at radius 1 is 1.33 bits per heavy atom. The van der Waals surface area contributed by atoms with Gasteiger partial charge < -0.3 is 14.8 Å². The van der Waals surface area contributed by atoms with Gasteiger partial charge in [0.2, 0.25) is 5.88 Å². The number of carbonyl (C=O) groups excluding carboxylic acids is 1. The van der Waals surface area contributed by atoms with Crippen molar-refractivity contribution in [2.24, 2.45) is 0 Å². The van der Waals surface area contributed by atoms with Gasteiger partial charge >= 0.3 is 5.69 Å². The molecule has 8 heteroatoms. The van der Waals surface area contributed by atoms with E-state index in [0.29, 0.717) is 12.5 Å². The maximum atomic E-state index is 12.2. The minimum absolute atomic E-state index is 0.137. The lowest BCUT2D eigenvalue weighted by Crippen LogP contribution is -2.23. The summed E-state index contributed by atoms with van der Waals surface area (Å²) >= 11 is 0. The maximum Gasteiger partial charge on any atom is 0.311 e. The fraction of sp³-hybridized carbons (Fsp3) is 0.250. The molecule has 0 saturated carbocycles. The number of rotatable bonds is 7. The molecule has 0 bridgehead atoms. The molecular weight excluding hydrogens is 314 g/mol. The lowest BCUT2D eigenvalue weighted by molar-refractivity contribution is -0.385. The molecule has 1 heterocycles. The normalized spacial score (nSPS) is 10.1. The molecular formula is C16H17N3O5. The van der Waals surface area contributed by atoms with Crippen LogP contribution in [0.4, 0.5) is 5.69 Å². The number of nitrogens with one attached hydrogen (secondary N) is 1. The van der Waals surface area contributed by atoms with Crippen LogP contribution < -0.4 is 14.8 Å². The van der Waals surface area contributed by atoms with E-state index in [2.05, 4.69) is 10.3 Å². The van der Waals surface area contributed by atoms with E-state index in [9.17, 15) is 14.9 Å². The lowest BCUT2D eigenvalue weighted by atomic mass is 10.1. The van der Waals surface area contributed by atoms with Crippen LogP contribution >= 0.6 is 0 Å². The monoisotopic (exact) mass is 331 g/mol. The van der Waals surface area contributed by atoms with E-state index in [-0.39, 0.29) is 23.5 Å². The number of hydrogen-bond acceptors (Lipinski definition) is 6. The van der Waals surface area contributed by atoms with Crippen molar-refractivity contribution in [2.75, 3.05) is 13.7 Å². The van der Waals surface area contributed by atoms with Crippen LogP contribution in [0.25, 0.3) is 0 Å². The third kappa shape index (κ3) is 4.19. The van der Waals surface area contributed by atoms with Gasteiger partial charge in [-0.3, -0.25) is 14.9 Å². The largest absolute Gasteiger partial charge is 0.487 e. The second kappa shape index (κ2) is 7.91. The molecule has 24 heavy (non-hydrogen) atoms. The first-order chi connectivity index (χ1) is 11.5. The number of nitro benzene ring substituents is 1. The van der Waals surface area contributed by atoms with E-state index in [1.165, 1.54) is 25.3 Å². The van der Waals surface area contributed by atoms with Gasteiger partial charge in [-0.15, -0.1) is 0 Å². The molecule has 0 unspecified atom stereocenters. The number of ether oxygens (including phenoxy) is 2. The fourth-order valence-electron chi connectivity index (χ4n) is 2.00. The number of nitro groups is 1.